The maximum absolute atomic E-state index is 5.80. The summed E-state index contributed by atoms with van der Waals surface area (Å²) in [7, 11) is 1.63. The van der Waals surface area contributed by atoms with Crippen LogP contribution in [0.3, 0.4) is 0 Å². The number of ether oxygens (including phenoxy) is 1. The van der Waals surface area contributed by atoms with E-state index < -0.39 is 0 Å². The number of aryl methyl sites for hydroxylation is 1. The molecule has 0 unspecified atom stereocenters. The Morgan fingerprint density at radius 3 is 2.48 bits per heavy atom. The highest BCUT2D eigenvalue weighted by Gasteiger charge is 2.11. The van der Waals surface area contributed by atoms with Gasteiger partial charge in [-0.3, -0.25) is 0 Å². The van der Waals surface area contributed by atoms with Crippen molar-refractivity contribution in [1.29, 1.82) is 0 Å². The van der Waals surface area contributed by atoms with Gasteiger partial charge in [0.15, 0.2) is 0 Å². The Kier molecular flexibility index (Phi) is 5.24. The van der Waals surface area contributed by atoms with Crippen molar-refractivity contribution in [3.63, 3.8) is 0 Å². The van der Waals surface area contributed by atoms with E-state index in [0.717, 1.165) is 37.2 Å². The molecule has 0 atom stereocenters. The standard InChI is InChI=1S/C15H14Br2N2OS/c1-8-3-4-12(9(5-8)15(18)21)19-13-7-14(20-2)11(17)6-10(13)16/h3-7,19H,1-2H3,(H2,18,21). The van der Waals surface area contributed by atoms with Gasteiger partial charge in [-0.2, -0.15) is 0 Å². The number of benzene rings is 2. The van der Waals surface area contributed by atoms with E-state index in [4.69, 9.17) is 22.7 Å². The SMILES string of the molecule is COc1cc(Nc2ccc(C)cc2C(N)=S)c(Br)cc1Br. The molecule has 21 heavy (non-hydrogen) atoms. The Morgan fingerprint density at radius 1 is 1.14 bits per heavy atom. The molecule has 0 aromatic heterocycles. The van der Waals surface area contributed by atoms with E-state index in [-0.39, 0.29) is 0 Å². The molecule has 2 rings (SSSR count). The van der Waals surface area contributed by atoms with Gasteiger partial charge in [0, 0.05) is 21.8 Å². The second kappa shape index (κ2) is 6.77. The average molecular weight is 430 g/mol. The van der Waals surface area contributed by atoms with Crippen molar-refractivity contribution in [1.82, 2.24) is 0 Å². The minimum absolute atomic E-state index is 0.362. The van der Waals surface area contributed by atoms with E-state index in [1.807, 2.05) is 37.3 Å². The number of anilines is 2. The number of methoxy groups -OCH3 is 1. The first-order valence-corrected chi connectivity index (χ1v) is 8.12. The monoisotopic (exact) mass is 428 g/mol. The van der Waals surface area contributed by atoms with Gasteiger partial charge in [0.05, 0.1) is 17.3 Å². The van der Waals surface area contributed by atoms with Crippen molar-refractivity contribution >= 4 is 60.4 Å². The number of hydrogen-bond acceptors (Lipinski definition) is 3. The molecule has 3 N–H and O–H groups in total. The summed E-state index contributed by atoms with van der Waals surface area (Å²) in [4.78, 5) is 0.362. The molecule has 2 aromatic carbocycles. The highest BCUT2D eigenvalue weighted by atomic mass is 79.9. The summed E-state index contributed by atoms with van der Waals surface area (Å²) in [6.45, 7) is 2.00. The van der Waals surface area contributed by atoms with Gasteiger partial charge in [-0.15, -0.1) is 0 Å². The highest BCUT2D eigenvalue weighted by molar-refractivity contribution is 9.11. The summed E-state index contributed by atoms with van der Waals surface area (Å²) >= 11 is 12.1. The predicted octanol–water partition coefficient (Wildman–Crippen LogP) is 4.91. The van der Waals surface area contributed by atoms with Crippen LogP contribution in [-0.2, 0) is 0 Å². The topological polar surface area (TPSA) is 47.3 Å². The molecule has 0 aliphatic heterocycles. The van der Waals surface area contributed by atoms with E-state index >= 15 is 0 Å². The Balaban J connectivity index is 2.45. The van der Waals surface area contributed by atoms with Crippen LogP contribution in [-0.4, -0.2) is 12.1 Å². The quantitative estimate of drug-likeness (QED) is 0.678. The fraction of sp³-hybridized carbons (Fsp3) is 0.133. The van der Waals surface area contributed by atoms with E-state index in [0.29, 0.717) is 4.99 Å². The summed E-state index contributed by atoms with van der Waals surface area (Å²) in [6.07, 6.45) is 0. The first-order chi connectivity index (χ1) is 9.92. The van der Waals surface area contributed by atoms with Gasteiger partial charge < -0.3 is 15.8 Å². The fourth-order valence-corrected chi connectivity index (χ4v) is 3.32. The largest absolute Gasteiger partial charge is 0.495 e. The first kappa shape index (κ1) is 16.3. The molecule has 0 saturated heterocycles. The Labute approximate surface area is 146 Å². The molecule has 0 spiro atoms. The van der Waals surface area contributed by atoms with E-state index in [2.05, 4.69) is 37.2 Å². The van der Waals surface area contributed by atoms with Gasteiger partial charge in [0.25, 0.3) is 0 Å². The Hall–Kier alpha value is -1.11. The molecular weight excluding hydrogens is 416 g/mol. The molecule has 0 heterocycles. The van der Waals surface area contributed by atoms with Crippen LogP contribution < -0.4 is 15.8 Å². The third-order valence-electron chi connectivity index (χ3n) is 2.95. The molecule has 0 aliphatic rings. The number of hydrogen-bond donors (Lipinski definition) is 2. The van der Waals surface area contributed by atoms with Gasteiger partial charge in [-0.1, -0.05) is 23.8 Å². The predicted molar refractivity (Wildman–Crippen MR) is 98.7 cm³/mol. The van der Waals surface area contributed by atoms with Crippen LogP contribution in [0.1, 0.15) is 11.1 Å². The second-order valence-electron chi connectivity index (χ2n) is 4.50. The Morgan fingerprint density at radius 2 is 1.86 bits per heavy atom. The smallest absolute Gasteiger partial charge is 0.135 e. The molecule has 0 aliphatic carbocycles. The Bertz CT molecular complexity index is 704. The molecule has 0 saturated carbocycles. The molecule has 3 nitrogen and oxygen atoms in total. The molecule has 2 aromatic rings. The van der Waals surface area contributed by atoms with Crippen LogP contribution in [0, 0.1) is 6.92 Å². The highest BCUT2D eigenvalue weighted by Crippen LogP contribution is 2.36. The summed E-state index contributed by atoms with van der Waals surface area (Å²) in [5.41, 5.74) is 9.46. The van der Waals surface area contributed by atoms with Crippen molar-refractivity contribution in [3.05, 3.63) is 50.4 Å². The molecule has 110 valence electrons. The molecule has 0 radical (unpaired) electrons. The summed E-state index contributed by atoms with van der Waals surface area (Å²) in [5.74, 6) is 0.740. The summed E-state index contributed by atoms with van der Waals surface area (Å²) in [5, 5.41) is 3.34. The third-order valence-corrected chi connectivity index (χ3v) is 4.45. The van der Waals surface area contributed by atoms with Gasteiger partial charge in [0.1, 0.15) is 10.7 Å². The summed E-state index contributed by atoms with van der Waals surface area (Å²) < 4.78 is 7.10. The fourth-order valence-electron chi connectivity index (χ4n) is 1.90. The number of thiocarbonyl (C=S) groups is 1. The lowest BCUT2D eigenvalue weighted by Crippen LogP contribution is -2.12. The van der Waals surface area contributed by atoms with Crippen LogP contribution in [0.5, 0.6) is 5.75 Å². The molecule has 0 amide bonds. The van der Waals surface area contributed by atoms with Crippen LogP contribution in [0.25, 0.3) is 0 Å². The molecule has 6 heteroatoms. The van der Waals surface area contributed by atoms with Gasteiger partial charge in [-0.05, 0) is 57.0 Å². The minimum Gasteiger partial charge on any atom is -0.495 e. The zero-order valence-corrected chi connectivity index (χ0v) is 15.5. The van der Waals surface area contributed by atoms with Crippen LogP contribution in [0.4, 0.5) is 11.4 Å². The first-order valence-electron chi connectivity index (χ1n) is 6.13. The van der Waals surface area contributed by atoms with Crippen LogP contribution in [0.15, 0.2) is 39.3 Å². The number of rotatable bonds is 4. The molecular formula is C15H14Br2N2OS. The van der Waals surface area contributed by atoms with Gasteiger partial charge in [-0.25, -0.2) is 0 Å². The number of nitrogens with two attached hydrogens (primary N) is 1. The lowest BCUT2D eigenvalue weighted by atomic mass is 10.1. The van der Waals surface area contributed by atoms with Gasteiger partial charge in [0.2, 0.25) is 0 Å². The zero-order chi connectivity index (χ0) is 15.6. The van der Waals surface area contributed by atoms with Crippen molar-refractivity contribution in [2.45, 2.75) is 6.92 Å². The number of nitrogens with one attached hydrogen (secondary N) is 1. The van der Waals surface area contributed by atoms with Crippen molar-refractivity contribution < 1.29 is 4.74 Å². The van der Waals surface area contributed by atoms with Crippen LogP contribution >= 0.6 is 44.1 Å². The lowest BCUT2D eigenvalue weighted by Gasteiger charge is -2.15. The van der Waals surface area contributed by atoms with Crippen molar-refractivity contribution in [3.8, 4) is 5.75 Å². The number of halogens is 2. The van der Waals surface area contributed by atoms with Crippen LogP contribution in [0.2, 0.25) is 0 Å². The maximum Gasteiger partial charge on any atom is 0.135 e. The minimum atomic E-state index is 0.362. The average Bonchev–Trinajstić information content (AvgIpc) is 2.43. The van der Waals surface area contributed by atoms with Gasteiger partial charge >= 0.3 is 0 Å². The molecule has 0 fully saturated rings. The van der Waals surface area contributed by atoms with Crippen molar-refractivity contribution in [2.75, 3.05) is 12.4 Å². The van der Waals surface area contributed by atoms with Crippen molar-refractivity contribution in [2.24, 2.45) is 5.73 Å². The maximum atomic E-state index is 5.80. The third kappa shape index (κ3) is 3.75. The summed E-state index contributed by atoms with van der Waals surface area (Å²) in [6, 6.07) is 9.76. The zero-order valence-electron chi connectivity index (χ0n) is 11.5. The molecule has 0 bridgehead atoms. The normalized spacial score (nSPS) is 10.3. The van der Waals surface area contributed by atoms with E-state index in [9.17, 15) is 0 Å². The van der Waals surface area contributed by atoms with E-state index in [1.165, 1.54) is 0 Å². The second-order valence-corrected chi connectivity index (χ2v) is 6.65. The lowest BCUT2D eigenvalue weighted by molar-refractivity contribution is 0.412. The van der Waals surface area contributed by atoms with E-state index in [1.54, 1.807) is 7.11 Å².